The lowest BCUT2D eigenvalue weighted by Gasteiger charge is -2.30. The third-order valence-corrected chi connectivity index (χ3v) is 8.97. The first-order valence-electron chi connectivity index (χ1n) is 15.2. The number of fused-ring (bicyclic) bond motifs is 6. The molecular weight excluding hydrogens is 558 g/mol. The smallest absolute Gasteiger partial charge is 0.278 e. The summed E-state index contributed by atoms with van der Waals surface area (Å²) in [6, 6.07) is 11.7. The summed E-state index contributed by atoms with van der Waals surface area (Å²) in [6.07, 6.45) is 9.45. The maximum Gasteiger partial charge on any atom is 0.278 e. The summed E-state index contributed by atoms with van der Waals surface area (Å²) in [4.78, 5) is 39.9. The van der Waals surface area contributed by atoms with Gasteiger partial charge in [-0.3, -0.25) is 14.7 Å². The summed E-state index contributed by atoms with van der Waals surface area (Å²) in [7, 11) is 2.17. The normalized spacial score (nSPS) is 18.5. The fourth-order valence-corrected chi connectivity index (χ4v) is 6.59. The van der Waals surface area contributed by atoms with Crippen LogP contribution >= 0.6 is 0 Å². The molecule has 6 heterocycles. The van der Waals surface area contributed by atoms with Gasteiger partial charge in [-0.25, -0.2) is 14.3 Å². The predicted molar refractivity (Wildman–Crippen MR) is 168 cm³/mol. The number of H-pyrrole nitrogens is 1. The van der Waals surface area contributed by atoms with Crippen LogP contribution in [0.2, 0.25) is 0 Å². The van der Waals surface area contributed by atoms with E-state index in [9.17, 15) is 9.59 Å². The molecule has 1 fully saturated rings. The molecule has 8 rings (SSSR count). The Balaban J connectivity index is 1.18. The Morgan fingerprint density at radius 3 is 2.80 bits per heavy atom. The molecule has 0 radical (unpaired) electrons. The largest absolute Gasteiger partial charge is 0.482 e. The number of allylic oxidation sites excluding steroid dienone is 2. The second-order valence-corrected chi connectivity index (χ2v) is 11.8. The zero-order valence-electron chi connectivity index (χ0n) is 24.5. The molecule has 1 saturated heterocycles. The van der Waals surface area contributed by atoms with Crippen molar-refractivity contribution in [1.82, 2.24) is 34.4 Å². The van der Waals surface area contributed by atoms with E-state index in [4.69, 9.17) is 9.72 Å². The highest BCUT2D eigenvalue weighted by Crippen LogP contribution is 2.36. The molecule has 3 aliphatic rings. The van der Waals surface area contributed by atoms with Crippen LogP contribution in [0.5, 0.6) is 5.75 Å². The van der Waals surface area contributed by atoms with Gasteiger partial charge in [-0.15, -0.1) is 0 Å². The minimum atomic E-state index is -0.186. The van der Waals surface area contributed by atoms with Gasteiger partial charge in [-0.2, -0.15) is 10.1 Å². The number of rotatable bonds is 3. The summed E-state index contributed by atoms with van der Waals surface area (Å²) in [6.45, 7) is 3.17. The summed E-state index contributed by atoms with van der Waals surface area (Å²) >= 11 is 0. The van der Waals surface area contributed by atoms with E-state index in [2.05, 4.69) is 44.6 Å². The quantitative estimate of drug-likeness (QED) is 0.301. The lowest BCUT2D eigenvalue weighted by atomic mass is 9.92. The molecule has 2 N–H and O–H groups in total. The predicted octanol–water partition coefficient (Wildman–Crippen LogP) is 4.09. The fourth-order valence-electron chi connectivity index (χ4n) is 6.59. The minimum Gasteiger partial charge on any atom is -0.482 e. The van der Waals surface area contributed by atoms with E-state index >= 15 is 0 Å². The lowest BCUT2D eigenvalue weighted by molar-refractivity contribution is -0.121. The molecular formula is C32H33N9O3. The first kappa shape index (κ1) is 26.6. The van der Waals surface area contributed by atoms with Crippen LogP contribution in [-0.4, -0.2) is 73.6 Å². The molecule has 1 amide bonds. The van der Waals surface area contributed by atoms with Crippen molar-refractivity contribution in [3.8, 4) is 11.4 Å². The van der Waals surface area contributed by atoms with Gasteiger partial charge in [0.25, 0.3) is 11.5 Å². The molecule has 2 bridgehead atoms. The summed E-state index contributed by atoms with van der Waals surface area (Å²) < 4.78 is 9.18. The number of hydrogen-bond donors (Lipinski definition) is 2. The van der Waals surface area contributed by atoms with Gasteiger partial charge in [0.1, 0.15) is 11.1 Å². The Morgan fingerprint density at radius 1 is 1.02 bits per heavy atom. The topological polar surface area (TPSA) is 126 Å². The van der Waals surface area contributed by atoms with Crippen LogP contribution in [0.1, 0.15) is 37.3 Å². The number of benzene rings is 2. The third-order valence-electron chi connectivity index (χ3n) is 8.97. The first-order valence-corrected chi connectivity index (χ1v) is 15.2. The number of nitrogens with one attached hydrogen (secondary N) is 2. The highest BCUT2D eigenvalue weighted by Gasteiger charge is 2.27. The fraction of sp³-hybridized carbons (Fsp3) is 0.344. The Hall–Kier alpha value is -4.97. The number of piperidine rings is 1. The van der Waals surface area contributed by atoms with Crippen molar-refractivity contribution in [1.29, 1.82) is 0 Å². The monoisotopic (exact) mass is 591 g/mol. The van der Waals surface area contributed by atoms with Gasteiger partial charge in [0, 0.05) is 35.4 Å². The summed E-state index contributed by atoms with van der Waals surface area (Å²) in [5.41, 5.74) is 4.58. The third kappa shape index (κ3) is 4.53. The maximum atomic E-state index is 13.6. The van der Waals surface area contributed by atoms with Crippen LogP contribution in [0.4, 0.5) is 17.3 Å². The highest BCUT2D eigenvalue weighted by molar-refractivity contribution is 5.98. The van der Waals surface area contributed by atoms with Crippen molar-refractivity contribution in [2.24, 2.45) is 0 Å². The summed E-state index contributed by atoms with van der Waals surface area (Å²) in [5, 5.41) is 12.8. The highest BCUT2D eigenvalue weighted by atomic mass is 16.5. The number of amides is 1. The van der Waals surface area contributed by atoms with Crippen molar-refractivity contribution in [2.75, 3.05) is 43.5 Å². The summed E-state index contributed by atoms with van der Waals surface area (Å²) in [5.74, 6) is 1.41. The van der Waals surface area contributed by atoms with Gasteiger partial charge in [-0.05, 0) is 82.2 Å². The van der Waals surface area contributed by atoms with Gasteiger partial charge in [0.2, 0.25) is 5.95 Å². The number of anilines is 3. The van der Waals surface area contributed by atoms with Crippen LogP contribution in [-0.2, 0) is 11.3 Å². The Morgan fingerprint density at radius 2 is 1.91 bits per heavy atom. The molecule has 0 atom stereocenters. The van der Waals surface area contributed by atoms with Crippen molar-refractivity contribution >= 4 is 45.2 Å². The van der Waals surface area contributed by atoms with Crippen molar-refractivity contribution in [3.05, 3.63) is 70.8 Å². The van der Waals surface area contributed by atoms with Gasteiger partial charge < -0.3 is 19.9 Å². The van der Waals surface area contributed by atoms with Crippen LogP contribution in [0, 0.1) is 0 Å². The zero-order chi connectivity index (χ0) is 29.8. The van der Waals surface area contributed by atoms with Crippen molar-refractivity contribution in [2.45, 2.75) is 38.1 Å². The van der Waals surface area contributed by atoms with Crippen LogP contribution < -0.4 is 20.5 Å². The first-order chi connectivity index (χ1) is 21.5. The number of ether oxygens (including phenoxy) is 1. The molecule has 0 spiro atoms. The Labute approximate surface area is 252 Å². The van der Waals surface area contributed by atoms with Crippen molar-refractivity contribution in [3.63, 3.8) is 0 Å². The van der Waals surface area contributed by atoms with E-state index in [0.717, 1.165) is 55.4 Å². The number of likely N-dealkylation sites (tertiary alicyclic amines) is 1. The van der Waals surface area contributed by atoms with Gasteiger partial charge in [0.05, 0.1) is 23.4 Å². The van der Waals surface area contributed by atoms with E-state index in [0.29, 0.717) is 53.1 Å². The molecule has 3 aromatic heterocycles. The number of nitrogens with zero attached hydrogens (tertiary/aromatic N) is 7. The van der Waals surface area contributed by atoms with E-state index < -0.39 is 0 Å². The number of carbonyl (C=O) groups is 1. The van der Waals surface area contributed by atoms with Crippen LogP contribution in [0.25, 0.3) is 27.6 Å². The van der Waals surface area contributed by atoms with Gasteiger partial charge in [0.15, 0.2) is 12.3 Å². The van der Waals surface area contributed by atoms with Gasteiger partial charge >= 0.3 is 0 Å². The van der Waals surface area contributed by atoms with E-state index in [1.807, 2.05) is 36.4 Å². The molecule has 224 valence electrons. The number of aromatic amines is 1. The minimum absolute atomic E-state index is 0.0190. The van der Waals surface area contributed by atoms with Crippen molar-refractivity contribution < 1.29 is 9.53 Å². The molecule has 0 saturated carbocycles. The number of carbonyl (C=O) groups excluding carboxylic acids is 1. The van der Waals surface area contributed by atoms with Crippen LogP contribution in [0.3, 0.4) is 0 Å². The Bertz CT molecular complexity index is 2000. The molecule has 3 aliphatic heterocycles. The van der Waals surface area contributed by atoms with E-state index in [1.165, 1.54) is 5.69 Å². The molecule has 44 heavy (non-hydrogen) atoms. The second kappa shape index (κ2) is 10.6. The lowest BCUT2D eigenvalue weighted by Crippen LogP contribution is -2.39. The van der Waals surface area contributed by atoms with E-state index in [-0.39, 0.29) is 18.1 Å². The average molecular weight is 592 g/mol. The van der Waals surface area contributed by atoms with Crippen LogP contribution in [0.15, 0.2) is 59.5 Å². The zero-order valence-corrected chi connectivity index (χ0v) is 24.5. The second-order valence-electron chi connectivity index (χ2n) is 11.8. The van der Waals surface area contributed by atoms with E-state index in [1.54, 1.807) is 20.5 Å². The number of aromatic nitrogens is 6. The average Bonchev–Trinajstić information content (AvgIpc) is 3.57. The molecule has 0 aliphatic carbocycles. The molecule has 5 aromatic rings. The molecule has 12 nitrogen and oxygen atoms in total. The standard InChI is InChI=1S/C32H33N9O3/c1-38-14-10-20(11-15-38)29-23-8-6-21(16-25(23)36-37-29)34-32-33-18-24-30(35-32)41-22-7-9-27-26(17-22)39(28(42)19-44-27)12-4-2-3-5-13-40(41)31(24)43/h3,5-9,16-18,20H,2,4,10-15,19H2,1H3,(H,36,37)(H,33,34,35)/b5-3-. The SMILES string of the molecule is CN1CCC(c2[nH]nc3cc(Nc4ncc5c(=O)n6n(c5n4)-c4ccc5c(c4)N(CCC/C=C\C6)C(=O)CO5)ccc23)CC1. The Kier molecular flexibility index (Phi) is 6.44. The molecule has 12 heteroatoms. The molecule has 2 aromatic carbocycles. The maximum absolute atomic E-state index is 13.6. The van der Waals surface area contributed by atoms with Gasteiger partial charge in [-0.1, -0.05) is 12.2 Å². The molecule has 0 unspecified atom stereocenters. The number of hydrogen-bond acceptors (Lipinski definition) is 8.